The molecule has 2 heterocycles. The van der Waals surface area contributed by atoms with Crippen LogP contribution in [0.15, 0.2) is 59.7 Å². The first kappa shape index (κ1) is 23.0. The van der Waals surface area contributed by atoms with Crippen molar-refractivity contribution in [3.05, 3.63) is 82.5 Å². The third kappa shape index (κ3) is 4.24. The minimum atomic E-state index is -4.28. The van der Waals surface area contributed by atoms with E-state index in [9.17, 15) is 31.1 Å². The van der Waals surface area contributed by atoms with Gasteiger partial charge in [-0.1, -0.05) is 6.07 Å². The molecule has 11 heteroatoms. The predicted molar refractivity (Wildman–Crippen MR) is 105 cm³/mol. The molecule has 1 fully saturated rings. The number of alkyl halides is 4. The van der Waals surface area contributed by atoms with Crippen molar-refractivity contribution in [2.24, 2.45) is 0 Å². The van der Waals surface area contributed by atoms with Crippen LogP contribution >= 0.6 is 0 Å². The van der Waals surface area contributed by atoms with Crippen LogP contribution < -0.4 is 10.4 Å². The third-order valence-corrected chi connectivity index (χ3v) is 5.60. The summed E-state index contributed by atoms with van der Waals surface area (Å²) in [6, 6.07) is 7.85. The molecule has 0 saturated carbocycles. The molecular formula is C22H18F6N2O3. The summed E-state index contributed by atoms with van der Waals surface area (Å²) in [5.74, 6) is -5.86. The number of imidazole rings is 1. The number of ether oxygens (including phenoxy) is 2. The Morgan fingerprint density at radius 2 is 1.79 bits per heavy atom. The van der Waals surface area contributed by atoms with Gasteiger partial charge >= 0.3 is 18.0 Å². The van der Waals surface area contributed by atoms with Gasteiger partial charge in [0.05, 0.1) is 18.3 Å². The van der Waals surface area contributed by atoms with Crippen LogP contribution in [0.4, 0.5) is 26.3 Å². The molecule has 0 aliphatic carbocycles. The van der Waals surface area contributed by atoms with E-state index in [0.29, 0.717) is 5.69 Å². The summed E-state index contributed by atoms with van der Waals surface area (Å²) in [6.45, 7) is 0.325. The topological polar surface area (TPSA) is 48.7 Å². The van der Waals surface area contributed by atoms with E-state index in [0.717, 1.165) is 12.1 Å². The van der Waals surface area contributed by atoms with Crippen LogP contribution in [0, 0.1) is 11.6 Å². The van der Waals surface area contributed by atoms with Crippen LogP contribution in [0.3, 0.4) is 0 Å². The molecular weight excluding hydrogens is 454 g/mol. The lowest BCUT2D eigenvalue weighted by Crippen LogP contribution is -2.33. The molecule has 0 radical (unpaired) electrons. The number of hydrogen-bond donors (Lipinski definition) is 0. The van der Waals surface area contributed by atoms with E-state index in [1.54, 1.807) is 6.92 Å². The van der Waals surface area contributed by atoms with Crippen LogP contribution in [0.5, 0.6) is 5.75 Å². The maximum Gasteiger partial charge on any atom is 0.340 e. The smallest absolute Gasteiger partial charge is 0.340 e. The average Bonchev–Trinajstić information content (AvgIpc) is 3.48. The Morgan fingerprint density at radius 3 is 2.36 bits per heavy atom. The number of epoxide rings is 1. The summed E-state index contributed by atoms with van der Waals surface area (Å²) < 4.78 is 90.9. The van der Waals surface area contributed by atoms with Gasteiger partial charge in [0.1, 0.15) is 23.0 Å². The highest BCUT2D eigenvalue weighted by Gasteiger charge is 2.54. The second-order valence-corrected chi connectivity index (χ2v) is 7.68. The zero-order chi connectivity index (χ0) is 24.0. The van der Waals surface area contributed by atoms with Gasteiger partial charge in [0.15, 0.2) is 6.61 Å². The number of aromatic nitrogens is 2. The van der Waals surface area contributed by atoms with E-state index in [4.69, 9.17) is 9.47 Å². The van der Waals surface area contributed by atoms with Gasteiger partial charge in [-0.15, -0.1) is 0 Å². The molecule has 5 nitrogen and oxygen atoms in total. The summed E-state index contributed by atoms with van der Waals surface area (Å²) in [5, 5.41) is 0. The number of rotatable bonds is 8. The molecule has 2 atom stereocenters. The Balaban J connectivity index is 1.54. The zero-order valence-electron chi connectivity index (χ0n) is 17.2. The molecule has 0 N–H and O–H groups in total. The van der Waals surface area contributed by atoms with E-state index < -0.39 is 47.9 Å². The van der Waals surface area contributed by atoms with Crippen molar-refractivity contribution < 1.29 is 35.8 Å². The van der Waals surface area contributed by atoms with Gasteiger partial charge in [-0.25, -0.2) is 22.4 Å². The lowest BCUT2D eigenvalue weighted by molar-refractivity contribution is -0.148. The Morgan fingerprint density at radius 1 is 1.12 bits per heavy atom. The zero-order valence-corrected chi connectivity index (χ0v) is 17.2. The Bertz CT molecular complexity index is 1200. The van der Waals surface area contributed by atoms with E-state index in [1.807, 2.05) is 0 Å². The molecule has 3 aromatic rings. The SMILES string of the molecule is C[C@@H](n1ccn(-c2ccc(OCC(F)(F)C(F)F)cc2)c1=O)[C@@]1(c2ccc(F)cc2F)CO1. The second kappa shape index (κ2) is 8.29. The van der Waals surface area contributed by atoms with E-state index in [-0.39, 0.29) is 17.9 Å². The Labute approximate surface area is 183 Å². The quantitative estimate of drug-likeness (QED) is 0.353. The largest absolute Gasteiger partial charge is 0.487 e. The normalized spacial score (nSPS) is 19.0. The van der Waals surface area contributed by atoms with Crippen LogP contribution in [0.25, 0.3) is 5.69 Å². The molecule has 1 aromatic heterocycles. The molecule has 2 aromatic carbocycles. The number of halogens is 6. The fraction of sp³-hybridized carbons (Fsp3) is 0.318. The second-order valence-electron chi connectivity index (χ2n) is 7.68. The maximum atomic E-state index is 14.3. The van der Waals surface area contributed by atoms with Crippen molar-refractivity contribution in [3.8, 4) is 11.4 Å². The van der Waals surface area contributed by atoms with Gasteiger partial charge in [0.2, 0.25) is 0 Å². The van der Waals surface area contributed by atoms with E-state index in [1.165, 1.54) is 51.9 Å². The lowest BCUT2D eigenvalue weighted by Gasteiger charge is -2.22. The molecule has 1 saturated heterocycles. The summed E-state index contributed by atoms with van der Waals surface area (Å²) in [6.07, 6.45) is -0.915. The molecule has 4 rings (SSSR count). The van der Waals surface area contributed by atoms with Crippen molar-refractivity contribution in [1.82, 2.24) is 9.13 Å². The van der Waals surface area contributed by atoms with Crippen molar-refractivity contribution in [3.63, 3.8) is 0 Å². The number of hydrogen-bond acceptors (Lipinski definition) is 3. The van der Waals surface area contributed by atoms with Gasteiger partial charge < -0.3 is 9.47 Å². The third-order valence-electron chi connectivity index (χ3n) is 5.60. The Kier molecular flexibility index (Phi) is 5.77. The fourth-order valence-electron chi connectivity index (χ4n) is 3.58. The fourth-order valence-corrected chi connectivity index (χ4v) is 3.58. The molecule has 0 unspecified atom stereocenters. The first-order chi connectivity index (χ1) is 15.5. The van der Waals surface area contributed by atoms with Gasteiger partial charge in [0.25, 0.3) is 0 Å². The molecule has 0 bridgehead atoms. The van der Waals surface area contributed by atoms with Crippen molar-refractivity contribution >= 4 is 0 Å². The molecule has 33 heavy (non-hydrogen) atoms. The maximum absolute atomic E-state index is 14.3. The van der Waals surface area contributed by atoms with Crippen molar-refractivity contribution in [2.45, 2.75) is 30.9 Å². The summed E-state index contributed by atoms with van der Waals surface area (Å²) in [5.41, 5.74) is -1.12. The molecule has 0 amide bonds. The summed E-state index contributed by atoms with van der Waals surface area (Å²) in [4.78, 5) is 13.0. The van der Waals surface area contributed by atoms with E-state index in [2.05, 4.69) is 0 Å². The standard InChI is InChI=1S/C22H18F6N2O3/c1-13(21(11-33-21)17-7-2-14(23)10-18(17)24)29-8-9-30(20(29)31)15-3-5-16(6-4-15)32-12-22(27,28)19(25)26/h2-10,13,19H,11-12H2,1H3/t13-,21-/m1/s1. The molecule has 1 aliphatic rings. The Hall–Kier alpha value is -3.21. The van der Waals surface area contributed by atoms with Crippen LogP contribution in [-0.2, 0) is 10.3 Å². The minimum Gasteiger partial charge on any atom is -0.487 e. The van der Waals surface area contributed by atoms with Crippen molar-refractivity contribution in [1.29, 1.82) is 0 Å². The number of nitrogens with zero attached hydrogens (tertiary/aromatic N) is 2. The molecule has 1 aliphatic heterocycles. The first-order valence-electron chi connectivity index (χ1n) is 9.83. The highest BCUT2D eigenvalue weighted by molar-refractivity contribution is 5.38. The van der Waals surface area contributed by atoms with Gasteiger partial charge in [-0.2, -0.15) is 8.78 Å². The van der Waals surface area contributed by atoms with Gasteiger partial charge in [0, 0.05) is 24.0 Å². The van der Waals surface area contributed by atoms with E-state index >= 15 is 0 Å². The van der Waals surface area contributed by atoms with Gasteiger partial charge in [-0.05, 0) is 37.3 Å². The minimum absolute atomic E-state index is 0.0722. The average molecular weight is 472 g/mol. The highest BCUT2D eigenvalue weighted by Crippen LogP contribution is 2.48. The number of benzene rings is 2. The van der Waals surface area contributed by atoms with Crippen LogP contribution in [-0.4, -0.2) is 34.7 Å². The van der Waals surface area contributed by atoms with Gasteiger partial charge in [-0.3, -0.25) is 9.13 Å². The summed E-state index contributed by atoms with van der Waals surface area (Å²) >= 11 is 0. The summed E-state index contributed by atoms with van der Waals surface area (Å²) in [7, 11) is 0. The highest BCUT2D eigenvalue weighted by atomic mass is 19.3. The predicted octanol–water partition coefficient (Wildman–Crippen LogP) is 4.68. The first-order valence-corrected chi connectivity index (χ1v) is 9.83. The molecule has 176 valence electrons. The van der Waals surface area contributed by atoms with Crippen LogP contribution in [0.2, 0.25) is 0 Å². The monoisotopic (exact) mass is 472 g/mol. The van der Waals surface area contributed by atoms with Crippen molar-refractivity contribution in [2.75, 3.05) is 13.2 Å². The van der Waals surface area contributed by atoms with Crippen LogP contribution in [0.1, 0.15) is 18.5 Å². The lowest BCUT2D eigenvalue weighted by atomic mass is 9.92. The molecule has 0 spiro atoms.